The second kappa shape index (κ2) is 6.97. The van der Waals surface area contributed by atoms with Crippen LogP contribution in [-0.4, -0.2) is 15.8 Å². The maximum absolute atomic E-state index is 9.97. The van der Waals surface area contributed by atoms with Gasteiger partial charge < -0.3 is 9.52 Å². The summed E-state index contributed by atoms with van der Waals surface area (Å²) in [6, 6.07) is 7.34. The average molecular weight is 312 g/mol. The summed E-state index contributed by atoms with van der Waals surface area (Å²) in [7, 11) is 0. The Morgan fingerprint density at radius 1 is 1.48 bits per heavy atom. The topological polar surface area (TPSA) is 94.4 Å². The van der Waals surface area contributed by atoms with Gasteiger partial charge in [0.15, 0.2) is 5.89 Å². The molecule has 0 aliphatic carbocycles. The highest BCUT2D eigenvalue weighted by Gasteiger charge is 2.14. The number of nitrogens with one attached hydrogen (secondary N) is 1. The molecule has 120 valence electrons. The Morgan fingerprint density at radius 2 is 2.22 bits per heavy atom. The highest BCUT2D eigenvalue weighted by molar-refractivity contribution is 6.01. The Morgan fingerprint density at radius 3 is 2.83 bits per heavy atom. The molecule has 0 unspecified atom stereocenters. The van der Waals surface area contributed by atoms with E-state index in [0.29, 0.717) is 29.5 Å². The Bertz CT molecular complexity index is 769. The van der Waals surface area contributed by atoms with E-state index in [0.717, 1.165) is 5.56 Å². The fourth-order valence-electron chi connectivity index (χ4n) is 2.10. The highest BCUT2D eigenvalue weighted by atomic mass is 16.4. The van der Waals surface area contributed by atoms with E-state index in [-0.39, 0.29) is 17.3 Å². The Kier molecular flexibility index (Phi) is 5.02. The van der Waals surface area contributed by atoms with Crippen LogP contribution in [0.5, 0.6) is 5.75 Å². The molecule has 0 amide bonds. The molecule has 2 N–H and O–H groups in total. The van der Waals surface area contributed by atoms with Gasteiger partial charge >= 0.3 is 0 Å². The van der Waals surface area contributed by atoms with E-state index in [1.165, 1.54) is 0 Å². The first-order chi connectivity index (χ1) is 10.9. The van der Waals surface area contributed by atoms with E-state index >= 15 is 0 Å². The number of phenols is 1. The van der Waals surface area contributed by atoms with Crippen LogP contribution in [0.4, 0.5) is 5.88 Å². The monoisotopic (exact) mass is 312 g/mol. The molecule has 23 heavy (non-hydrogen) atoms. The van der Waals surface area contributed by atoms with Crippen molar-refractivity contribution in [1.29, 1.82) is 5.26 Å². The van der Waals surface area contributed by atoms with Gasteiger partial charge in [-0.25, -0.2) is 10.4 Å². The lowest BCUT2D eigenvalue weighted by atomic mass is 10.1. The number of oxazole rings is 1. The third kappa shape index (κ3) is 4.10. The zero-order chi connectivity index (χ0) is 17.0. The standard InChI is InChI=1S/C17H20N4O2/c1-10(2)7-16-19-14(9-18)17(23-16)21-20-12(4)13-6-5-11(3)8-15(13)22/h5-6,8,10,21-22H,7H2,1-4H3/b20-12-. The van der Waals surface area contributed by atoms with Crippen molar-refractivity contribution in [3.63, 3.8) is 0 Å². The first-order valence-electron chi connectivity index (χ1n) is 7.40. The fraction of sp³-hybridized carbons (Fsp3) is 0.353. The minimum atomic E-state index is 0.159. The van der Waals surface area contributed by atoms with Crippen molar-refractivity contribution in [3.05, 3.63) is 40.9 Å². The zero-order valence-corrected chi connectivity index (χ0v) is 13.7. The molecular formula is C17H20N4O2. The molecule has 0 radical (unpaired) electrons. The molecule has 0 aliphatic rings. The van der Waals surface area contributed by atoms with Gasteiger partial charge in [-0.05, 0) is 37.5 Å². The lowest BCUT2D eigenvalue weighted by molar-refractivity contribution is 0.466. The number of nitrogens with zero attached hydrogens (tertiary/aromatic N) is 3. The molecule has 6 heteroatoms. The summed E-state index contributed by atoms with van der Waals surface area (Å²) in [4.78, 5) is 4.14. The minimum Gasteiger partial charge on any atom is -0.507 e. The molecule has 2 aromatic rings. The van der Waals surface area contributed by atoms with E-state index < -0.39 is 0 Å². The van der Waals surface area contributed by atoms with Gasteiger partial charge in [0, 0.05) is 12.0 Å². The molecule has 1 heterocycles. The number of aromatic hydroxyl groups is 1. The van der Waals surface area contributed by atoms with Gasteiger partial charge in [0.05, 0.1) is 5.71 Å². The predicted molar refractivity (Wildman–Crippen MR) is 88.4 cm³/mol. The quantitative estimate of drug-likeness (QED) is 0.650. The molecule has 6 nitrogen and oxygen atoms in total. The first-order valence-corrected chi connectivity index (χ1v) is 7.40. The van der Waals surface area contributed by atoms with Crippen LogP contribution in [-0.2, 0) is 6.42 Å². The number of phenolic OH excluding ortho intramolecular Hbond substituents is 1. The molecule has 0 saturated carbocycles. The van der Waals surface area contributed by atoms with Crippen LogP contribution in [0, 0.1) is 24.2 Å². The number of nitriles is 1. The van der Waals surface area contributed by atoms with Crippen molar-refractivity contribution in [2.24, 2.45) is 11.0 Å². The van der Waals surface area contributed by atoms with Crippen LogP contribution in [0.3, 0.4) is 0 Å². The van der Waals surface area contributed by atoms with Crippen molar-refractivity contribution < 1.29 is 9.52 Å². The number of aryl methyl sites for hydroxylation is 1. The molecular weight excluding hydrogens is 292 g/mol. The number of rotatable bonds is 5. The second-order valence-electron chi connectivity index (χ2n) is 5.82. The lowest BCUT2D eigenvalue weighted by Crippen LogP contribution is -2.00. The molecule has 0 bridgehead atoms. The SMILES string of the molecule is C/C(=N/Nc1oc(CC(C)C)nc1C#N)c1ccc(C)cc1O. The van der Waals surface area contributed by atoms with E-state index in [1.807, 2.05) is 32.9 Å². The summed E-state index contributed by atoms with van der Waals surface area (Å²) in [6.45, 7) is 7.75. The third-order valence-corrected chi connectivity index (χ3v) is 3.23. The van der Waals surface area contributed by atoms with Crippen molar-refractivity contribution in [2.45, 2.75) is 34.1 Å². The molecule has 0 aliphatic heterocycles. The van der Waals surface area contributed by atoms with Crippen molar-refractivity contribution in [3.8, 4) is 11.8 Å². The number of hydrogen-bond acceptors (Lipinski definition) is 6. The Hall–Kier alpha value is -2.81. The summed E-state index contributed by atoms with van der Waals surface area (Å²) in [5.74, 6) is 1.26. The van der Waals surface area contributed by atoms with E-state index in [2.05, 4.69) is 15.5 Å². The Labute approximate surface area is 135 Å². The molecule has 1 aromatic heterocycles. The second-order valence-corrected chi connectivity index (χ2v) is 5.82. The first kappa shape index (κ1) is 16.6. The number of anilines is 1. The van der Waals surface area contributed by atoms with Gasteiger partial charge in [0.25, 0.3) is 5.88 Å². The average Bonchev–Trinajstić information content (AvgIpc) is 2.85. The van der Waals surface area contributed by atoms with Crippen LogP contribution in [0.15, 0.2) is 27.7 Å². The minimum absolute atomic E-state index is 0.159. The fourth-order valence-corrected chi connectivity index (χ4v) is 2.10. The summed E-state index contributed by atoms with van der Waals surface area (Å²) in [5, 5.41) is 23.3. The van der Waals surface area contributed by atoms with Gasteiger partial charge in [-0.15, -0.1) is 0 Å². The summed E-state index contributed by atoms with van der Waals surface area (Å²) in [5.41, 5.74) is 5.05. The molecule has 0 spiro atoms. The summed E-state index contributed by atoms with van der Waals surface area (Å²) < 4.78 is 5.54. The number of benzene rings is 1. The van der Waals surface area contributed by atoms with Gasteiger partial charge in [0.1, 0.15) is 11.8 Å². The van der Waals surface area contributed by atoms with E-state index in [4.69, 9.17) is 9.68 Å². The van der Waals surface area contributed by atoms with Crippen LogP contribution in [0.25, 0.3) is 0 Å². The normalized spacial score (nSPS) is 11.6. The smallest absolute Gasteiger partial charge is 0.252 e. The predicted octanol–water partition coefficient (Wildman–Crippen LogP) is 3.59. The summed E-state index contributed by atoms with van der Waals surface area (Å²) in [6.07, 6.45) is 0.651. The van der Waals surface area contributed by atoms with Gasteiger partial charge in [-0.2, -0.15) is 10.4 Å². The molecule has 0 fully saturated rings. The van der Waals surface area contributed by atoms with E-state index in [1.54, 1.807) is 19.1 Å². The zero-order valence-electron chi connectivity index (χ0n) is 13.7. The number of hydrogen-bond donors (Lipinski definition) is 2. The third-order valence-electron chi connectivity index (χ3n) is 3.23. The molecule has 0 atom stereocenters. The van der Waals surface area contributed by atoms with E-state index in [9.17, 15) is 5.11 Å². The maximum atomic E-state index is 9.97. The number of aromatic nitrogens is 1. The summed E-state index contributed by atoms with van der Waals surface area (Å²) >= 11 is 0. The highest BCUT2D eigenvalue weighted by Crippen LogP contribution is 2.21. The molecule has 1 aromatic carbocycles. The maximum Gasteiger partial charge on any atom is 0.252 e. The van der Waals surface area contributed by atoms with Crippen LogP contribution < -0.4 is 5.43 Å². The van der Waals surface area contributed by atoms with Crippen molar-refractivity contribution in [2.75, 3.05) is 5.43 Å². The van der Waals surface area contributed by atoms with Crippen molar-refractivity contribution >= 4 is 11.6 Å². The largest absolute Gasteiger partial charge is 0.507 e. The van der Waals surface area contributed by atoms with Crippen LogP contribution in [0.2, 0.25) is 0 Å². The van der Waals surface area contributed by atoms with Crippen molar-refractivity contribution in [1.82, 2.24) is 4.98 Å². The Balaban J connectivity index is 2.21. The van der Waals surface area contributed by atoms with Gasteiger partial charge in [0.2, 0.25) is 5.69 Å². The van der Waals surface area contributed by atoms with Gasteiger partial charge in [-0.1, -0.05) is 19.9 Å². The lowest BCUT2D eigenvalue weighted by Gasteiger charge is -2.05. The van der Waals surface area contributed by atoms with Crippen LogP contribution >= 0.6 is 0 Å². The molecule has 0 saturated heterocycles. The number of hydrazone groups is 1. The van der Waals surface area contributed by atoms with Crippen LogP contribution in [0.1, 0.15) is 43.5 Å². The molecule has 2 rings (SSSR count). The van der Waals surface area contributed by atoms with Gasteiger partial charge in [-0.3, -0.25) is 0 Å².